The Morgan fingerprint density at radius 3 is 0.593 bits per heavy atom. The minimum absolute atomic E-state index is 0. The van der Waals surface area contributed by atoms with Crippen molar-refractivity contribution >= 4 is 31.8 Å². The second kappa shape index (κ2) is 58.3. The predicted octanol–water partition coefficient (Wildman–Crippen LogP) is 19.9. The van der Waals surface area contributed by atoms with E-state index in [1.54, 1.807) is 13.8 Å². The van der Waals surface area contributed by atoms with Crippen molar-refractivity contribution in [1.82, 2.24) is 12.3 Å². The van der Waals surface area contributed by atoms with Gasteiger partial charge in [-0.05, 0) is 188 Å². The van der Waals surface area contributed by atoms with Crippen molar-refractivity contribution in [3.05, 3.63) is 0 Å². The van der Waals surface area contributed by atoms with E-state index in [-0.39, 0.29) is 110 Å². The van der Waals surface area contributed by atoms with Gasteiger partial charge in [0.15, 0.2) is 0 Å². The van der Waals surface area contributed by atoms with Crippen LogP contribution in [0.3, 0.4) is 0 Å². The maximum atomic E-state index is 10.6. The van der Waals surface area contributed by atoms with Gasteiger partial charge in [0.05, 0.1) is 32.4 Å². The van der Waals surface area contributed by atoms with Crippen LogP contribution in [0.4, 0.5) is 0 Å². The number of hydrogen-bond donors (Lipinski definition) is 4. The number of aliphatic hydroxyl groups excluding tert-OH is 2. The fourth-order valence-electron chi connectivity index (χ4n) is 15.5. The largest absolute Gasteiger partial charge is 0.748 e. The molecule has 0 radical (unpaired) electrons. The van der Waals surface area contributed by atoms with Crippen LogP contribution in [0.25, 0.3) is 0 Å². The monoisotopic (exact) mass is 1540 g/mol. The first kappa shape index (κ1) is 106. The zero-order chi connectivity index (χ0) is 63.7. The van der Waals surface area contributed by atoms with Gasteiger partial charge in [-0.2, -0.15) is 0 Å². The van der Waals surface area contributed by atoms with E-state index in [0.29, 0.717) is 60.9 Å². The average molecular weight is 1540 g/mol. The van der Waals surface area contributed by atoms with Gasteiger partial charge in [0.2, 0.25) is 0 Å². The van der Waals surface area contributed by atoms with Gasteiger partial charge in [-0.25, -0.2) is 16.8 Å². The second-order valence-electron chi connectivity index (χ2n) is 29.3. The van der Waals surface area contributed by atoms with Gasteiger partial charge in [-0.3, -0.25) is 9.59 Å². The predicted molar refractivity (Wildman–Crippen MR) is 365 cm³/mol. The van der Waals surface area contributed by atoms with E-state index in [1.165, 1.54) is 141 Å². The number of ketones is 2. The number of carbonyl (C=O) groups is 2. The molecule has 10 aliphatic rings. The first-order valence-corrected chi connectivity index (χ1v) is 38.6. The molecule has 2 unspecified atom stereocenters. The number of rotatable bonds is 8. The summed E-state index contributed by atoms with van der Waals surface area (Å²) in [6, 6.07) is 0. The number of hydrogen-bond acceptors (Lipinski definition) is 10. The first-order valence-electron chi connectivity index (χ1n) is 35.7. The zero-order valence-corrected chi connectivity index (χ0v) is 68.5. The van der Waals surface area contributed by atoms with Gasteiger partial charge in [0.1, 0.15) is 11.6 Å². The van der Waals surface area contributed by atoms with Gasteiger partial charge in [0, 0.05) is 108 Å². The summed E-state index contributed by atoms with van der Waals surface area (Å²) in [5.74, 6) is 14.4. The van der Waals surface area contributed by atoms with Crippen LogP contribution in [0.5, 0.6) is 0 Å². The standard InChI is InChI=1S/2C10H20.2C7H14O.2C7H12O.2C7H14.2C5H10O3S.5Fe.2H3N/c2*1-6-7(2)9(4)10(5)8(6)3;4*1-6(8)7-4-2-3-5-7;2*1-2-7-5-3-4-6-7;2*6-9(7,8)5-3-1-2-4-5;;;;;;;/h2*6-10H,1-5H3;2*6-8H,2-5H2,1H3;2*7H,2-5H2,1H3;2*7H,2-6H2,1H3;2*5H,1-4H2,(H,6,7,8);;;;;;2*1H3. The van der Waals surface area contributed by atoms with Crippen LogP contribution in [-0.4, -0.2) is 70.4 Å². The number of Topliss-reactive ketones (excluding diaryl/α,β-unsaturated/α-hetero) is 2. The molecule has 0 aliphatic heterocycles. The van der Waals surface area contributed by atoms with Crippen LogP contribution >= 0.6 is 0 Å². The fourth-order valence-corrected chi connectivity index (χ4v) is 17.3. The third-order valence-corrected chi connectivity index (χ3v) is 26.4. The molecule has 10 saturated carbocycles. The molecule has 0 amide bonds. The van der Waals surface area contributed by atoms with Crippen molar-refractivity contribution in [2.45, 2.75) is 352 Å². The Hall–Kier alpha value is 1.60. The normalized spacial score (nSPS) is 28.7. The van der Waals surface area contributed by atoms with Gasteiger partial charge in [0.25, 0.3) is 0 Å². The van der Waals surface area contributed by atoms with Crippen LogP contribution in [0.1, 0.15) is 329 Å². The number of quaternary nitrogens is 2. The van der Waals surface area contributed by atoms with E-state index in [1.807, 2.05) is 13.8 Å². The van der Waals surface area contributed by atoms with Crippen molar-refractivity contribution in [3.8, 4) is 0 Å². The maximum absolute atomic E-state index is 10.6. The minimum Gasteiger partial charge on any atom is -0.748 e. The van der Waals surface area contributed by atoms with Gasteiger partial charge in [-0.15, -0.1) is 0 Å². The molecule has 556 valence electrons. The molecule has 12 nitrogen and oxygen atoms in total. The van der Waals surface area contributed by atoms with E-state index in [0.717, 1.165) is 122 Å². The minimum atomic E-state index is -3.95. The van der Waals surface area contributed by atoms with Gasteiger partial charge >= 0.3 is 0 Å². The van der Waals surface area contributed by atoms with Crippen molar-refractivity contribution in [3.63, 3.8) is 0 Å². The van der Waals surface area contributed by atoms with Crippen LogP contribution < -0.4 is 12.3 Å². The Morgan fingerprint density at radius 2 is 0.495 bits per heavy atom. The molecule has 0 aromatic heterocycles. The topological polar surface area (TPSA) is 262 Å². The van der Waals surface area contributed by atoms with E-state index in [4.69, 9.17) is 10.2 Å². The Kier molecular flexibility index (Phi) is 67.9. The Morgan fingerprint density at radius 1 is 0.341 bits per heavy atom. The van der Waals surface area contributed by atoms with E-state index in [2.05, 4.69) is 83.1 Å². The molecule has 0 aromatic carbocycles. The summed E-state index contributed by atoms with van der Waals surface area (Å²) in [6.45, 7) is 35.8. The summed E-state index contributed by atoms with van der Waals surface area (Å²) in [7, 11) is -7.91. The molecule has 0 saturated heterocycles. The molecule has 2 atom stereocenters. The fraction of sp³-hybridized carbons (Fsp3) is 0.972. The SMILES string of the molecule is CC(=O)C1CCCC1.CC(=O)C1CCCC1.CC(O)C1CCCC1.CC(O)C1CCCC1.CC1C(C)C(C)C(C)C1C.CC1C(C)C(C)C(C)C1C.CCC1CCCC1.CCC1CCCC1.O=S(=O)([O-])C1CCCC1.O=S(=O)([O-])C1CCCC1.[Fe].[Fe].[Fe].[Fe].[Fe].[NH4+].[NH4+]. The van der Waals surface area contributed by atoms with Gasteiger partial charge < -0.3 is 31.6 Å². The van der Waals surface area contributed by atoms with Crippen molar-refractivity contribution in [2.24, 2.45) is 94.7 Å². The molecular weight excluding hydrogens is 1400 g/mol. The van der Waals surface area contributed by atoms with Crippen LogP contribution in [-0.2, 0) is 115 Å². The smallest absolute Gasteiger partial charge is 0.132 e. The Balaban J connectivity index is -0.000000171. The zero-order valence-electron chi connectivity index (χ0n) is 61.3. The molecular formula is C72H146Fe5N2O10S2. The summed E-state index contributed by atoms with van der Waals surface area (Å²) in [4.78, 5) is 21.3. The van der Waals surface area contributed by atoms with E-state index < -0.39 is 30.7 Å². The van der Waals surface area contributed by atoms with Crippen molar-refractivity contribution < 1.29 is 131 Å². The second-order valence-corrected chi connectivity index (χ2v) is 32.6. The first-order chi connectivity index (χ1) is 39.4. The molecule has 0 aromatic rings. The molecule has 19 heteroatoms. The third-order valence-electron chi connectivity index (χ3n) is 23.8. The van der Waals surface area contributed by atoms with Crippen LogP contribution in [0.15, 0.2) is 0 Å². The maximum Gasteiger partial charge on any atom is 0.132 e. The number of carbonyl (C=O) groups excluding carboxylic acids is 2. The Bertz CT molecular complexity index is 1690. The van der Waals surface area contributed by atoms with Crippen molar-refractivity contribution in [2.75, 3.05) is 0 Å². The molecule has 91 heavy (non-hydrogen) atoms. The quantitative estimate of drug-likeness (QED) is 0.132. The summed E-state index contributed by atoms with van der Waals surface area (Å²) >= 11 is 0. The summed E-state index contributed by atoms with van der Waals surface area (Å²) in [5.41, 5.74) is 0. The summed E-state index contributed by atoms with van der Waals surface area (Å²) in [6.07, 6.45) is 40.6. The molecule has 0 spiro atoms. The molecule has 10 N–H and O–H groups in total. The van der Waals surface area contributed by atoms with Crippen molar-refractivity contribution in [1.29, 1.82) is 0 Å². The molecule has 0 bridgehead atoms. The van der Waals surface area contributed by atoms with E-state index in [9.17, 15) is 35.5 Å². The number of aliphatic hydroxyl groups is 2. The summed E-state index contributed by atoms with van der Waals surface area (Å²) in [5, 5.41) is 17.0. The van der Waals surface area contributed by atoms with Crippen LogP contribution in [0, 0.1) is 94.7 Å². The molecule has 0 heterocycles. The molecule has 10 fully saturated rings. The third kappa shape index (κ3) is 43.8. The molecule has 10 rings (SSSR count). The van der Waals surface area contributed by atoms with E-state index >= 15 is 0 Å². The van der Waals surface area contributed by atoms with Crippen LogP contribution in [0.2, 0.25) is 0 Å². The average Bonchev–Trinajstić information content (AvgIpc) is 2.32. The Labute approximate surface area is 616 Å². The molecule has 10 aliphatic carbocycles. The van der Waals surface area contributed by atoms with Gasteiger partial charge in [-0.1, -0.05) is 224 Å². The summed E-state index contributed by atoms with van der Waals surface area (Å²) < 4.78 is 61.7.